The third-order valence-electron chi connectivity index (χ3n) is 3.81. The molecule has 1 fully saturated rings. The maximum absolute atomic E-state index is 12.4. The molecule has 0 spiro atoms. The minimum absolute atomic E-state index is 0.00847. The Balaban J connectivity index is 1.84. The van der Waals surface area contributed by atoms with Crippen molar-refractivity contribution in [2.75, 3.05) is 19.7 Å². The van der Waals surface area contributed by atoms with Gasteiger partial charge in [0.15, 0.2) is 0 Å². The molecule has 2 rings (SSSR count). The molecule has 3 nitrogen and oxygen atoms in total. The van der Waals surface area contributed by atoms with Crippen LogP contribution >= 0.6 is 0 Å². The van der Waals surface area contributed by atoms with Crippen LogP contribution in [0.25, 0.3) is 0 Å². The summed E-state index contributed by atoms with van der Waals surface area (Å²) in [5.74, 6) is 0.144. The number of hydrogen-bond acceptors (Lipinski definition) is 2. The van der Waals surface area contributed by atoms with Crippen LogP contribution in [0.5, 0.6) is 0 Å². The van der Waals surface area contributed by atoms with Gasteiger partial charge >= 0.3 is 6.18 Å². The van der Waals surface area contributed by atoms with Gasteiger partial charge < -0.3 is 10.0 Å². The lowest BCUT2D eigenvalue weighted by molar-refractivity contribution is -0.137. The summed E-state index contributed by atoms with van der Waals surface area (Å²) < 4.78 is 37.3. The zero-order valence-corrected chi connectivity index (χ0v) is 11.6. The fraction of sp³-hybridized carbons (Fsp3) is 0.533. The Morgan fingerprint density at radius 3 is 2.48 bits per heavy atom. The summed E-state index contributed by atoms with van der Waals surface area (Å²) in [5, 5.41) is 9.04. The van der Waals surface area contributed by atoms with Crippen molar-refractivity contribution in [3.05, 3.63) is 35.4 Å². The second-order valence-corrected chi connectivity index (χ2v) is 5.37. The fourth-order valence-corrected chi connectivity index (χ4v) is 2.48. The zero-order chi connectivity index (χ0) is 15.5. The van der Waals surface area contributed by atoms with Crippen LogP contribution < -0.4 is 0 Å². The number of benzene rings is 1. The lowest BCUT2D eigenvalue weighted by Crippen LogP contribution is -2.29. The van der Waals surface area contributed by atoms with Crippen LogP contribution in [0.1, 0.15) is 24.0 Å². The molecule has 1 atom stereocenters. The molecule has 1 heterocycles. The first kappa shape index (κ1) is 15.8. The number of nitrogens with zero attached hydrogens (tertiary/aromatic N) is 1. The van der Waals surface area contributed by atoms with Crippen LogP contribution in [0.3, 0.4) is 0 Å². The average Bonchev–Trinajstić information content (AvgIpc) is 2.93. The van der Waals surface area contributed by atoms with Gasteiger partial charge in [0.05, 0.1) is 5.56 Å². The van der Waals surface area contributed by atoms with Crippen molar-refractivity contribution in [2.45, 2.75) is 25.4 Å². The van der Waals surface area contributed by atoms with E-state index in [0.29, 0.717) is 25.1 Å². The topological polar surface area (TPSA) is 40.5 Å². The van der Waals surface area contributed by atoms with Crippen molar-refractivity contribution in [2.24, 2.45) is 5.92 Å². The molecule has 1 aromatic carbocycles. The van der Waals surface area contributed by atoms with Crippen molar-refractivity contribution in [1.82, 2.24) is 4.90 Å². The number of likely N-dealkylation sites (tertiary alicyclic amines) is 1. The van der Waals surface area contributed by atoms with E-state index in [1.807, 2.05) is 0 Å². The van der Waals surface area contributed by atoms with E-state index in [0.717, 1.165) is 18.6 Å². The second kappa shape index (κ2) is 6.47. The van der Waals surface area contributed by atoms with Crippen molar-refractivity contribution < 1.29 is 23.1 Å². The van der Waals surface area contributed by atoms with Gasteiger partial charge in [0.1, 0.15) is 0 Å². The standard InChI is InChI=1S/C15H18F3NO2/c16-15(17,18)13-4-1-11(2-5-13)3-6-14(21)19-8-7-12(9-19)10-20/h1-2,4-5,12,20H,3,6-10H2. The molecule has 0 bridgehead atoms. The Bertz CT molecular complexity index is 485. The normalized spacial score (nSPS) is 19.0. The third kappa shape index (κ3) is 4.20. The average molecular weight is 301 g/mol. The highest BCUT2D eigenvalue weighted by Crippen LogP contribution is 2.29. The SMILES string of the molecule is O=C(CCc1ccc(C(F)(F)F)cc1)N1CCC(CO)C1. The van der Waals surface area contributed by atoms with Gasteiger partial charge in [-0.15, -0.1) is 0 Å². The molecule has 0 aromatic heterocycles. The summed E-state index contributed by atoms with van der Waals surface area (Å²) in [7, 11) is 0. The summed E-state index contributed by atoms with van der Waals surface area (Å²) in [4.78, 5) is 13.7. The maximum Gasteiger partial charge on any atom is 0.416 e. The highest BCUT2D eigenvalue weighted by molar-refractivity contribution is 5.76. The number of hydrogen-bond donors (Lipinski definition) is 1. The summed E-state index contributed by atoms with van der Waals surface area (Å²) in [5.41, 5.74) is 0.0390. The van der Waals surface area contributed by atoms with Crippen LogP contribution in [0.4, 0.5) is 13.2 Å². The molecule has 1 N–H and O–H groups in total. The van der Waals surface area contributed by atoms with E-state index in [2.05, 4.69) is 0 Å². The number of halogens is 3. The molecule has 1 saturated heterocycles. The first-order chi connectivity index (χ1) is 9.90. The van der Waals surface area contributed by atoms with E-state index in [1.54, 1.807) is 4.90 Å². The van der Waals surface area contributed by atoms with Gasteiger partial charge in [-0.2, -0.15) is 13.2 Å². The van der Waals surface area contributed by atoms with Gasteiger partial charge in [0, 0.05) is 32.0 Å². The molecular weight excluding hydrogens is 283 g/mol. The van der Waals surface area contributed by atoms with Crippen LogP contribution in [-0.4, -0.2) is 35.6 Å². The molecule has 1 aliphatic rings. The lowest BCUT2D eigenvalue weighted by Gasteiger charge is -2.16. The highest BCUT2D eigenvalue weighted by Gasteiger charge is 2.30. The largest absolute Gasteiger partial charge is 0.416 e. The van der Waals surface area contributed by atoms with Gasteiger partial charge in [-0.3, -0.25) is 4.79 Å². The van der Waals surface area contributed by atoms with E-state index in [-0.39, 0.29) is 24.9 Å². The molecule has 0 aliphatic carbocycles. The quantitative estimate of drug-likeness (QED) is 0.928. The Morgan fingerprint density at radius 1 is 1.29 bits per heavy atom. The Hall–Kier alpha value is -1.56. The first-order valence-electron chi connectivity index (χ1n) is 6.95. The highest BCUT2D eigenvalue weighted by atomic mass is 19.4. The number of carbonyl (C=O) groups excluding carboxylic acids is 1. The molecule has 1 aromatic rings. The predicted molar refractivity (Wildman–Crippen MR) is 71.5 cm³/mol. The van der Waals surface area contributed by atoms with Gasteiger partial charge in [-0.25, -0.2) is 0 Å². The molecule has 1 unspecified atom stereocenters. The van der Waals surface area contributed by atoms with Crippen LogP contribution in [0, 0.1) is 5.92 Å². The van der Waals surface area contributed by atoms with Crippen molar-refractivity contribution in [3.8, 4) is 0 Å². The molecule has 0 radical (unpaired) electrons. The fourth-order valence-electron chi connectivity index (χ4n) is 2.48. The molecule has 6 heteroatoms. The van der Waals surface area contributed by atoms with Gasteiger partial charge in [0.2, 0.25) is 5.91 Å². The Kier molecular flexibility index (Phi) is 4.88. The monoisotopic (exact) mass is 301 g/mol. The van der Waals surface area contributed by atoms with Crippen molar-refractivity contribution >= 4 is 5.91 Å². The number of alkyl halides is 3. The van der Waals surface area contributed by atoms with Gasteiger partial charge in [-0.1, -0.05) is 12.1 Å². The van der Waals surface area contributed by atoms with Crippen LogP contribution in [-0.2, 0) is 17.4 Å². The zero-order valence-electron chi connectivity index (χ0n) is 11.6. The molecular formula is C15H18F3NO2. The number of carbonyl (C=O) groups is 1. The summed E-state index contributed by atoms with van der Waals surface area (Å²) in [6.45, 7) is 1.31. The maximum atomic E-state index is 12.4. The third-order valence-corrected chi connectivity index (χ3v) is 3.81. The number of aliphatic hydroxyl groups excluding tert-OH is 1. The number of aliphatic hydroxyl groups is 1. The number of aryl methyl sites for hydroxylation is 1. The summed E-state index contributed by atoms with van der Waals surface area (Å²) >= 11 is 0. The Morgan fingerprint density at radius 2 is 1.95 bits per heavy atom. The van der Waals surface area contributed by atoms with E-state index < -0.39 is 11.7 Å². The second-order valence-electron chi connectivity index (χ2n) is 5.37. The van der Waals surface area contributed by atoms with Gasteiger partial charge in [0.25, 0.3) is 0 Å². The Labute approximate surface area is 121 Å². The van der Waals surface area contributed by atoms with Crippen LogP contribution in [0.15, 0.2) is 24.3 Å². The predicted octanol–water partition coefficient (Wildman–Crippen LogP) is 2.48. The molecule has 116 valence electrons. The lowest BCUT2D eigenvalue weighted by atomic mass is 10.1. The van der Waals surface area contributed by atoms with Gasteiger partial charge in [-0.05, 0) is 30.5 Å². The molecule has 21 heavy (non-hydrogen) atoms. The minimum Gasteiger partial charge on any atom is -0.396 e. The minimum atomic E-state index is -4.33. The molecule has 0 saturated carbocycles. The van der Waals surface area contributed by atoms with Crippen molar-refractivity contribution in [3.63, 3.8) is 0 Å². The molecule has 1 aliphatic heterocycles. The van der Waals surface area contributed by atoms with E-state index in [1.165, 1.54) is 12.1 Å². The first-order valence-corrected chi connectivity index (χ1v) is 6.95. The van der Waals surface area contributed by atoms with Crippen LogP contribution in [0.2, 0.25) is 0 Å². The smallest absolute Gasteiger partial charge is 0.396 e. The molecule has 1 amide bonds. The van der Waals surface area contributed by atoms with E-state index >= 15 is 0 Å². The van der Waals surface area contributed by atoms with E-state index in [9.17, 15) is 18.0 Å². The van der Waals surface area contributed by atoms with Crippen molar-refractivity contribution in [1.29, 1.82) is 0 Å². The number of rotatable bonds is 4. The van der Waals surface area contributed by atoms with E-state index in [4.69, 9.17) is 5.11 Å². The summed E-state index contributed by atoms with van der Waals surface area (Å²) in [6.07, 6.45) is -2.81. The summed E-state index contributed by atoms with van der Waals surface area (Å²) in [6, 6.07) is 4.90. The number of amides is 1.